The van der Waals surface area contributed by atoms with E-state index in [1.165, 1.54) is 24.3 Å². The average Bonchev–Trinajstić information content (AvgIpc) is 2.38. The standard InChI is InChI=1S/C13H17FN2O2/c14-10-3-1-9(2-4-10)13(17)16-18-12-7-5-11(15)6-8-12/h1-4,11-12H,5-8,15H2,(H,16,17). The second-order valence-corrected chi connectivity index (χ2v) is 4.59. The summed E-state index contributed by atoms with van der Waals surface area (Å²) >= 11 is 0. The molecule has 0 aliphatic heterocycles. The Morgan fingerprint density at radius 3 is 2.44 bits per heavy atom. The number of hydrogen-bond donors (Lipinski definition) is 2. The minimum Gasteiger partial charge on any atom is -0.328 e. The number of hydrogen-bond acceptors (Lipinski definition) is 3. The molecule has 0 radical (unpaired) electrons. The fourth-order valence-electron chi connectivity index (χ4n) is 2.00. The van der Waals surface area contributed by atoms with Crippen LogP contribution in [0.3, 0.4) is 0 Å². The van der Waals surface area contributed by atoms with Gasteiger partial charge in [0.25, 0.3) is 5.91 Å². The number of hydroxylamine groups is 1. The first kappa shape index (κ1) is 13.0. The van der Waals surface area contributed by atoms with Crippen LogP contribution in [-0.2, 0) is 4.84 Å². The Morgan fingerprint density at radius 2 is 1.83 bits per heavy atom. The van der Waals surface area contributed by atoms with Crippen LogP contribution in [0.4, 0.5) is 4.39 Å². The predicted molar refractivity (Wildman–Crippen MR) is 65.2 cm³/mol. The van der Waals surface area contributed by atoms with Gasteiger partial charge in [0, 0.05) is 11.6 Å². The Kier molecular flexibility index (Phi) is 4.28. The normalized spacial score (nSPS) is 23.7. The van der Waals surface area contributed by atoms with E-state index >= 15 is 0 Å². The first-order valence-electron chi connectivity index (χ1n) is 6.12. The molecule has 0 bridgehead atoms. The molecule has 0 spiro atoms. The second-order valence-electron chi connectivity index (χ2n) is 4.59. The summed E-state index contributed by atoms with van der Waals surface area (Å²) in [7, 11) is 0. The molecule has 1 saturated carbocycles. The molecule has 5 heteroatoms. The molecule has 4 nitrogen and oxygen atoms in total. The van der Waals surface area contributed by atoms with Gasteiger partial charge in [0.2, 0.25) is 0 Å². The van der Waals surface area contributed by atoms with Gasteiger partial charge in [-0.25, -0.2) is 9.87 Å². The first-order chi connectivity index (χ1) is 8.65. The van der Waals surface area contributed by atoms with Gasteiger partial charge < -0.3 is 5.73 Å². The third-order valence-electron chi connectivity index (χ3n) is 3.14. The first-order valence-corrected chi connectivity index (χ1v) is 6.12. The van der Waals surface area contributed by atoms with Crippen molar-refractivity contribution >= 4 is 5.91 Å². The van der Waals surface area contributed by atoms with Gasteiger partial charge in [-0.05, 0) is 49.9 Å². The molecule has 0 saturated heterocycles. The summed E-state index contributed by atoms with van der Waals surface area (Å²) in [6.07, 6.45) is 3.55. The zero-order valence-corrected chi connectivity index (χ0v) is 10.1. The lowest BCUT2D eigenvalue weighted by Gasteiger charge is -2.25. The number of halogens is 1. The van der Waals surface area contributed by atoms with Gasteiger partial charge >= 0.3 is 0 Å². The zero-order valence-electron chi connectivity index (χ0n) is 10.1. The minimum atomic E-state index is -0.367. The number of benzene rings is 1. The number of rotatable bonds is 3. The Labute approximate surface area is 105 Å². The van der Waals surface area contributed by atoms with Gasteiger partial charge in [0.1, 0.15) is 5.82 Å². The maximum absolute atomic E-state index is 12.7. The van der Waals surface area contributed by atoms with Crippen LogP contribution in [-0.4, -0.2) is 18.1 Å². The molecule has 1 amide bonds. The van der Waals surface area contributed by atoms with Crippen molar-refractivity contribution in [3.05, 3.63) is 35.6 Å². The molecule has 0 heterocycles. The Hall–Kier alpha value is -1.46. The van der Waals surface area contributed by atoms with Crippen LogP contribution in [0.15, 0.2) is 24.3 Å². The summed E-state index contributed by atoms with van der Waals surface area (Å²) in [6, 6.07) is 5.58. The molecule has 0 aromatic heterocycles. The minimum absolute atomic E-state index is 0.0224. The Bertz CT molecular complexity index is 400. The van der Waals surface area contributed by atoms with Crippen LogP contribution in [0, 0.1) is 5.82 Å². The van der Waals surface area contributed by atoms with E-state index in [2.05, 4.69) is 5.48 Å². The molecule has 0 atom stereocenters. The van der Waals surface area contributed by atoms with Gasteiger partial charge in [0.15, 0.2) is 0 Å². The van der Waals surface area contributed by atoms with Gasteiger partial charge in [-0.1, -0.05) is 0 Å². The highest BCUT2D eigenvalue weighted by Crippen LogP contribution is 2.19. The SMILES string of the molecule is NC1CCC(ONC(=O)c2ccc(F)cc2)CC1. The lowest BCUT2D eigenvalue weighted by molar-refractivity contribution is -0.0331. The highest BCUT2D eigenvalue weighted by Gasteiger charge is 2.20. The molecule has 1 aromatic rings. The molecule has 1 aliphatic carbocycles. The smallest absolute Gasteiger partial charge is 0.274 e. The predicted octanol–water partition coefficient (Wildman–Crippen LogP) is 1.76. The third-order valence-corrected chi connectivity index (χ3v) is 3.14. The topological polar surface area (TPSA) is 64.3 Å². The largest absolute Gasteiger partial charge is 0.328 e. The number of amides is 1. The molecular formula is C13H17FN2O2. The molecule has 0 unspecified atom stereocenters. The van der Waals surface area contributed by atoms with Crippen molar-refractivity contribution < 1.29 is 14.0 Å². The average molecular weight is 252 g/mol. The van der Waals surface area contributed by atoms with Crippen LogP contribution in [0.1, 0.15) is 36.0 Å². The van der Waals surface area contributed by atoms with Crippen molar-refractivity contribution in [3.8, 4) is 0 Å². The molecule has 2 rings (SSSR count). The van der Waals surface area contributed by atoms with Crippen molar-refractivity contribution in [2.45, 2.75) is 37.8 Å². The Morgan fingerprint density at radius 1 is 1.22 bits per heavy atom. The summed E-state index contributed by atoms with van der Waals surface area (Å²) in [4.78, 5) is 17.0. The number of nitrogens with one attached hydrogen (secondary N) is 1. The van der Waals surface area contributed by atoms with Gasteiger partial charge in [-0.3, -0.25) is 9.63 Å². The van der Waals surface area contributed by atoms with E-state index in [4.69, 9.17) is 10.6 Å². The summed E-state index contributed by atoms with van der Waals surface area (Å²) in [5.74, 6) is -0.724. The molecule has 3 N–H and O–H groups in total. The van der Waals surface area contributed by atoms with Crippen molar-refractivity contribution in [1.29, 1.82) is 0 Å². The van der Waals surface area contributed by atoms with Crippen LogP contribution < -0.4 is 11.2 Å². The summed E-state index contributed by atoms with van der Waals surface area (Å²) in [6.45, 7) is 0. The summed E-state index contributed by atoms with van der Waals surface area (Å²) in [5, 5.41) is 0. The van der Waals surface area contributed by atoms with Crippen LogP contribution >= 0.6 is 0 Å². The van der Waals surface area contributed by atoms with E-state index < -0.39 is 0 Å². The summed E-state index contributed by atoms with van der Waals surface area (Å²) in [5.41, 5.74) is 8.56. The molecule has 98 valence electrons. The van der Waals surface area contributed by atoms with E-state index in [0.717, 1.165) is 25.7 Å². The number of nitrogens with two attached hydrogens (primary N) is 1. The molecule has 1 aliphatic rings. The lowest BCUT2D eigenvalue weighted by atomic mass is 9.94. The maximum atomic E-state index is 12.7. The summed E-state index contributed by atoms with van der Waals surface area (Å²) < 4.78 is 12.7. The quantitative estimate of drug-likeness (QED) is 0.806. The van der Waals surface area contributed by atoms with Crippen molar-refractivity contribution in [1.82, 2.24) is 5.48 Å². The van der Waals surface area contributed by atoms with Gasteiger partial charge in [-0.15, -0.1) is 0 Å². The van der Waals surface area contributed by atoms with E-state index in [9.17, 15) is 9.18 Å². The third kappa shape index (κ3) is 3.51. The van der Waals surface area contributed by atoms with E-state index in [-0.39, 0.29) is 23.9 Å². The fraction of sp³-hybridized carbons (Fsp3) is 0.462. The molecule has 18 heavy (non-hydrogen) atoms. The van der Waals surface area contributed by atoms with Crippen molar-refractivity contribution in [2.75, 3.05) is 0 Å². The van der Waals surface area contributed by atoms with Crippen LogP contribution in [0.5, 0.6) is 0 Å². The second kappa shape index (κ2) is 5.93. The molecular weight excluding hydrogens is 235 g/mol. The maximum Gasteiger partial charge on any atom is 0.274 e. The van der Waals surface area contributed by atoms with Crippen molar-refractivity contribution in [2.24, 2.45) is 5.73 Å². The monoisotopic (exact) mass is 252 g/mol. The number of carbonyl (C=O) groups is 1. The van der Waals surface area contributed by atoms with Gasteiger partial charge in [0.05, 0.1) is 6.10 Å². The number of carbonyl (C=O) groups excluding carboxylic acids is 1. The zero-order chi connectivity index (χ0) is 13.0. The fourth-order valence-corrected chi connectivity index (χ4v) is 2.00. The molecule has 1 aromatic carbocycles. The van der Waals surface area contributed by atoms with E-state index in [0.29, 0.717) is 5.56 Å². The Balaban J connectivity index is 1.79. The van der Waals surface area contributed by atoms with Gasteiger partial charge in [-0.2, -0.15) is 0 Å². The van der Waals surface area contributed by atoms with E-state index in [1.807, 2.05) is 0 Å². The highest BCUT2D eigenvalue weighted by atomic mass is 19.1. The van der Waals surface area contributed by atoms with Crippen molar-refractivity contribution in [3.63, 3.8) is 0 Å². The van der Waals surface area contributed by atoms with Crippen LogP contribution in [0.25, 0.3) is 0 Å². The van der Waals surface area contributed by atoms with E-state index in [1.54, 1.807) is 0 Å². The molecule has 1 fully saturated rings. The van der Waals surface area contributed by atoms with Crippen LogP contribution in [0.2, 0.25) is 0 Å². The highest BCUT2D eigenvalue weighted by molar-refractivity contribution is 5.93. The lowest BCUT2D eigenvalue weighted by Crippen LogP contribution is -2.35.